The number of amides is 2. The fourth-order valence-electron chi connectivity index (χ4n) is 4.16. The van der Waals surface area contributed by atoms with Crippen molar-refractivity contribution in [2.45, 2.75) is 18.9 Å². The lowest BCUT2D eigenvalue weighted by Gasteiger charge is -2.29. The second kappa shape index (κ2) is 7.48. The highest BCUT2D eigenvalue weighted by Crippen LogP contribution is 2.41. The van der Waals surface area contributed by atoms with Gasteiger partial charge in [0, 0.05) is 38.7 Å². The molecule has 2 fully saturated rings. The van der Waals surface area contributed by atoms with Gasteiger partial charge in [0.05, 0.1) is 18.6 Å². The van der Waals surface area contributed by atoms with Crippen LogP contribution in [0, 0.1) is 11.3 Å². The molecule has 3 unspecified atom stereocenters. The minimum absolute atomic E-state index is 0.0489. The van der Waals surface area contributed by atoms with Gasteiger partial charge in [-0.1, -0.05) is 23.7 Å². The number of likely N-dealkylation sites (tertiary alicyclic amines) is 2. The standard InChI is InChI=1S/C19H23ClN2O5/c1-21-15(23)9-14(16(21)12-4-3-5-13(20)8-12)17(24)22-7-6-19(10-22,11-27-2)18(25)26/h3-5,8,14,16H,6-7,9-11H2,1-2H3,(H,25,26). The molecule has 1 N–H and O–H groups in total. The van der Waals surface area contributed by atoms with Crippen molar-refractivity contribution in [2.75, 3.05) is 33.9 Å². The molecule has 146 valence electrons. The number of benzene rings is 1. The third-order valence-electron chi connectivity index (χ3n) is 5.63. The van der Waals surface area contributed by atoms with Gasteiger partial charge in [0.2, 0.25) is 11.8 Å². The topological polar surface area (TPSA) is 87.1 Å². The fraction of sp³-hybridized carbons (Fsp3) is 0.526. The molecule has 1 aromatic rings. The second-order valence-corrected chi connectivity index (χ2v) is 7.78. The molecule has 8 heteroatoms. The monoisotopic (exact) mass is 394 g/mol. The number of halogens is 1. The predicted molar refractivity (Wildman–Crippen MR) is 98.2 cm³/mol. The molecule has 2 saturated heterocycles. The van der Waals surface area contributed by atoms with E-state index < -0.39 is 23.3 Å². The number of aliphatic carboxylic acids is 1. The number of carbonyl (C=O) groups excluding carboxylic acids is 2. The first kappa shape index (κ1) is 19.6. The van der Waals surface area contributed by atoms with Crippen LogP contribution in [0.15, 0.2) is 24.3 Å². The molecule has 0 aromatic heterocycles. The van der Waals surface area contributed by atoms with Crippen LogP contribution >= 0.6 is 11.6 Å². The third-order valence-corrected chi connectivity index (χ3v) is 5.87. The Hall–Kier alpha value is -2.12. The van der Waals surface area contributed by atoms with Gasteiger partial charge in [-0.2, -0.15) is 0 Å². The normalized spacial score (nSPS) is 28.0. The Morgan fingerprint density at radius 2 is 2.15 bits per heavy atom. The minimum atomic E-state index is -1.09. The summed E-state index contributed by atoms with van der Waals surface area (Å²) in [5, 5.41) is 10.1. The van der Waals surface area contributed by atoms with E-state index in [1.165, 1.54) is 7.11 Å². The first-order valence-electron chi connectivity index (χ1n) is 8.81. The molecule has 2 amide bonds. The number of hydrogen-bond donors (Lipinski definition) is 1. The zero-order chi connectivity index (χ0) is 19.8. The fourth-order valence-corrected chi connectivity index (χ4v) is 4.36. The number of ether oxygens (including phenoxy) is 1. The van der Waals surface area contributed by atoms with Crippen molar-refractivity contribution in [1.29, 1.82) is 0 Å². The number of methoxy groups -OCH3 is 1. The quantitative estimate of drug-likeness (QED) is 0.823. The average Bonchev–Trinajstić information content (AvgIpc) is 3.18. The van der Waals surface area contributed by atoms with Crippen molar-refractivity contribution in [1.82, 2.24) is 9.80 Å². The van der Waals surface area contributed by atoms with E-state index in [-0.39, 0.29) is 31.4 Å². The van der Waals surface area contributed by atoms with Gasteiger partial charge in [0.1, 0.15) is 5.41 Å². The van der Waals surface area contributed by atoms with E-state index in [4.69, 9.17) is 16.3 Å². The molecule has 2 aliphatic rings. The minimum Gasteiger partial charge on any atom is -0.481 e. The molecule has 2 aliphatic heterocycles. The molecule has 0 spiro atoms. The summed E-state index contributed by atoms with van der Waals surface area (Å²) in [5.41, 5.74) is -0.292. The summed E-state index contributed by atoms with van der Waals surface area (Å²) in [7, 11) is 3.13. The zero-order valence-corrected chi connectivity index (χ0v) is 16.1. The summed E-state index contributed by atoms with van der Waals surface area (Å²) in [5.74, 6) is -1.84. The van der Waals surface area contributed by atoms with Gasteiger partial charge in [0.25, 0.3) is 0 Å². The number of carboxylic acids is 1. The van der Waals surface area contributed by atoms with Gasteiger partial charge in [-0.3, -0.25) is 14.4 Å². The molecular weight excluding hydrogens is 372 g/mol. The van der Waals surface area contributed by atoms with Crippen LogP contribution in [0.5, 0.6) is 0 Å². The molecule has 3 rings (SSSR count). The Morgan fingerprint density at radius 1 is 1.41 bits per heavy atom. The molecule has 1 aromatic carbocycles. The van der Waals surface area contributed by atoms with E-state index in [1.807, 2.05) is 6.07 Å². The van der Waals surface area contributed by atoms with Crippen LogP contribution in [-0.4, -0.2) is 66.5 Å². The van der Waals surface area contributed by atoms with Crippen molar-refractivity contribution in [3.05, 3.63) is 34.9 Å². The highest BCUT2D eigenvalue weighted by atomic mass is 35.5. The van der Waals surface area contributed by atoms with Gasteiger partial charge < -0.3 is 19.6 Å². The summed E-state index contributed by atoms with van der Waals surface area (Å²) in [4.78, 5) is 40.4. The number of nitrogens with zero attached hydrogens (tertiary/aromatic N) is 2. The Kier molecular flexibility index (Phi) is 5.44. The lowest BCUT2D eigenvalue weighted by molar-refractivity contribution is -0.152. The highest BCUT2D eigenvalue weighted by Gasteiger charge is 2.50. The summed E-state index contributed by atoms with van der Waals surface area (Å²) < 4.78 is 5.09. The number of rotatable bonds is 5. The Morgan fingerprint density at radius 3 is 2.78 bits per heavy atom. The van der Waals surface area contributed by atoms with Gasteiger partial charge in [-0.25, -0.2) is 0 Å². The van der Waals surface area contributed by atoms with Gasteiger partial charge >= 0.3 is 5.97 Å². The van der Waals surface area contributed by atoms with Crippen LogP contribution in [0.4, 0.5) is 0 Å². The lowest BCUT2D eigenvalue weighted by atomic mass is 9.88. The lowest BCUT2D eigenvalue weighted by Crippen LogP contribution is -2.42. The second-order valence-electron chi connectivity index (χ2n) is 7.34. The number of carbonyl (C=O) groups is 3. The van der Waals surface area contributed by atoms with Crippen LogP contribution in [0.2, 0.25) is 5.02 Å². The van der Waals surface area contributed by atoms with Gasteiger partial charge in [0.15, 0.2) is 0 Å². The summed E-state index contributed by atoms with van der Waals surface area (Å²) in [6, 6.07) is 6.73. The van der Waals surface area contributed by atoms with E-state index in [0.717, 1.165) is 5.56 Å². The Bertz CT molecular complexity index is 770. The van der Waals surface area contributed by atoms with Crippen LogP contribution in [0.1, 0.15) is 24.4 Å². The maximum atomic E-state index is 13.2. The van der Waals surface area contributed by atoms with Crippen molar-refractivity contribution >= 4 is 29.4 Å². The van der Waals surface area contributed by atoms with Crippen molar-refractivity contribution in [3.63, 3.8) is 0 Å². The molecule has 7 nitrogen and oxygen atoms in total. The summed E-state index contributed by atoms with van der Waals surface area (Å²) in [6.07, 6.45) is 0.438. The third kappa shape index (κ3) is 3.53. The Labute approximate surface area is 162 Å². The van der Waals surface area contributed by atoms with E-state index in [0.29, 0.717) is 18.0 Å². The van der Waals surface area contributed by atoms with E-state index in [9.17, 15) is 19.5 Å². The summed E-state index contributed by atoms with van der Waals surface area (Å²) in [6.45, 7) is 0.476. The highest BCUT2D eigenvalue weighted by molar-refractivity contribution is 6.30. The van der Waals surface area contributed by atoms with Crippen LogP contribution < -0.4 is 0 Å². The van der Waals surface area contributed by atoms with Gasteiger partial charge in [-0.05, 0) is 24.1 Å². The molecule has 0 saturated carbocycles. The maximum Gasteiger partial charge on any atom is 0.313 e. The largest absolute Gasteiger partial charge is 0.481 e. The van der Waals surface area contributed by atoms with Crippen LogP contribution in [0.25, 0.3) is 0 Å². The zero-order valence-electron chi connectivity index (χ0n) is 15.4. The molecule has 2 heterocycles. The molecule has 0 aliphatic carbocycles. The van der Waals surface area contributed by atoms with Crippen LogP contribution in [-0.2, 0) is 19.1 Å². The van der Waals surface area contributed by atoms with Crippen LogP contribution in [0.3, 0.4) is 0 Å². The number of carboxylic acid groups (broad SMARTS) is 1. The molecule has 3 atom stereocenters. The van der Waals surface area contributed by atoms with E-state index in [2.05, 4.69) is 0 Å². The molecule has 0 bridgehead atoms. The maximum absolute atomic E-state index is 13.2. The molecular formula is C19H23ClN2O5. The first-order valence-corrected chi connectivity index (χ1v) is 9.19. The van der Waals surface area contributed by atoms with Gasteiger partial charge in [-0.15, -0.1) is 0 Å². The summed E-state index contributed by atoms with van der Waals surface area (Å²) >= 11 is 6.09. The van der Waals surface area contributed by atoms with Crippen molar-refractivity contribution < 1.29 is 24.2 Å². The molecule has 0 radical (unpaired) electrons. The van der Waals surface area contributed by atoms with E-state index in [1.54, 1.807) is 35.0 Å². The average molecular weight is 395 g/mol. The van der Waals surface area contributed by atoms with Crippen molar-refractivity contribution in [3.8, 4) is 0 Å². The SMILES string of the molecule is COCC1(C(=O)O)CCN(C(=O)C2CC(=O)N(C)C2c2cccc(Cl)c2)C1. The number of hydrogen-bond acceptors (Lipinski definition) is 4. The first-order chi connectivity index (χ1) is 12.8. The predicted octanol–water partition coefficient (Wildman–Crippen LogP) is 1.81. The van der Waals surface area contributed by atoms with Crippen molar-refractivity contribution in [2.24, 2.45) is 11.3 Å². The molecule has 27 heavy (non-hydrogen) atoms. The Balaban J connectivity index is 1.85. The smallest absolute Gasteiger partial charge is 0.313 e. The van der Waals surface area contributed by atoms with E-state index >= 15 is 0 Å².